The summed E-state index contributed by atoms with van der Waals surface area (Å²) in [5.74, 6) is 0. The molecule has 2 aromatic rings. The molecule has 2 aromatic carbocycles. The Morgan fingerprint density at radius 3 is 2.33 bits per heavy atom. The van der Waals surface area contributed by atoms with Crippen molar-refractivity contribution in [1.82, 2.24) is 0 Å². The minimum atomic E-state index is -1.33. The number of amides is 1. The van der Waals surface area contributed by atoms with E-state index in [1.807, 2.05) is 43.3 Å². The normalized spacial score (nSPS) is 10.0. The Kier molecular flexibility index (Phi) is 4.61. The molecule has 0 fully saturated rings. The lowest BCUT2D eigenvalue weighted by molar-refractivity contribution is 0.205. The summed E-state index contributed by atoms with van der Waals surface area (Å²) in [4.78, 5) is 8.78. The summed E-state index contributed by atoms with van der Waals surface area (Å²) in [5.41, 5.74) is 7.23. The molecule has 0 radical (unpaired) electrons. The van der Waals surface area contributed by atoms with E-state index in [1.54, 1.807) is 6.07 Å². The molecule has 0 heterocycles. The first-order valence-electron chi connectivity index (χ1n) is 5.73. The van der Waals surface area contributed by atoms with Crippen LogP contribution in [0.15, 0.2) is 48.5 Å². The van der Waals surface area contributed by atoms with Crippen LogP contribution < -0.4 is 5.73 Å². The first-order valence-corrected chi connectivity index (χ1v) is 5.60. The summed E-state index contributed by atoms with van der Waals surface area (Å²) >= 11 is 6.11. The highest BCUT2D eigenvalue weighted by atomic mass is 35.5. The van der Waals surface area contributed by atoms with Gasteiger partial charge in [-0.1, -0.05) is 54.1 Å². The lowest BCUT2D eigenvalue weighted by atomic mass is 10.0. The Morgan fingerprint density at radius 1 is 1.22 bits per heavy atom. The van der Waals surface area contributed by atoms with E-state index >= 15 is 0 Å². The Bertz CT molecular complexity index is 583. The van der Waals surface area contributed by atoms with Crippen LogP contribution in [-0.2, 0) is 0 Å². The van der Waals surface area contributed by atoms with Gasteiger partial charge >= 0.3 is 6.09 Å². The number of aryl methyl sites for hydroxylation is 1. The molecule has 0 unspecified atom stereocenters. The molecule has 0 aliphatic rings. The molecule has 0 aromatic heterocycles. The van der Waals surface area contributed by atoms with Gasteiger partial charge in [-0.3, -0.25) is 0 Å². The van der Waals surface area contributed by atoms with Gasteiger partial charge in [0.2, 0.25) is 0 Å². The van der Waals surface area contributed by atoms with Crippen molar-refractivity contribution in [2.75, 3.05) is 0 Å². The number of benzene rings is 2. The highest BCUT2D eigenvalue weighted by Crippen LogP contribution is 2.29. The molecule has 0 saturated carbocycles. The van der Waals surface area contributed by atoms with Crippen LogP contribution in [0.3, 0.4) is 0 Å². The summed E-state index contributed by atoms with van der Waals surface area (Å²) < 4.78 is 7.65. The Morgan fingerprint density at radius 2 is 1.72 bits per heavy atom. The van der Waals surface area contributed by atoms with Crippen LogP contribution in [0.25, 0.3) is 11.1 Å². The molecule has 2 rings (SSSR count). The van der Waals surface area contributed by atoms with Crippen LogP contribution in [0.4, 0.5) is 4.79 Å². The molecule has 0 atom stereocenters. The third-order valence-electron chi connectivity index (χ3n) is 2.24. The maximum absolute atomic E-state index is 8.78. The Hall–Kier alpha value is -2.00. The van der Waals surface area contributed by atoms with Crippen molar-refractivity contribution in [2.24, 2.45) is 5.73 Å². The number of hydrogen-bond donors (Lipinski definition) is 2. The third kappa shape index (κ3) is 4.11. The molecule has 0 bridgehead atoms. The fraction of sp³-hybridized carbons (Fsp3) is 0.0714. The lowest BCUT2D eigenvalue weighted by Crippen LogP contribution is -2.03. The first kappa shape index (κ1) is 12.5. The Labute approximate surface area is 112 Å². The second kappa shape index (κ2) is 6.67. The molecule has 3 nitrogen and oxygen atoms in total. The van der Waals surface area contributed by atoms with Gasteiger partial charge in [0.1, 0.15) is 0 Å². The van der Waals surface area contributed by atoms with Crippen LogP contribution >= 0.6 is 11.6 Å². The van der Waals surface area contributed by atoms with Gasteiger partial charge in [-0.15, -0.1) is 0 Å². The van der Waals surface area contributed by atoms with Crippen LogP contribution in [0.2, 0.25) is 5.02 Å². The van der Waals surface area contributed by atoms with Crippen LogP contribution in [0, 0.1) is 6.92 Å². The number of hydrogen-bond acceptors (Lipinski definition) is 1. The minimum Gasteiger partial charge on any atom is -0.465 e. The van der Waals surface area contributed by atoms with Gasteiger partial charge in [0, 0.05) is 10.6 Å². The quantitative estimate of drug-likeness (QED) is 0.819. The standard InChI is InChI=1S/C13H11Cl.CH3NO2/c1-10-6-2-3-7-11(10)12-8-4-5-9-13(12)14;2-1(3)4/h2-9H,1H3;2H2,(H,3,4)/i9D;. The van der Waals surface area contributed by atoms with E-state index < -0.39 is 6.09 Å². The predicted octanol–water partition coefficient (Wildman–Crippen LogP) is 3.94. The van der Waals surface area contributed by atoms with Gasteiger partial charge in [0.25, 0.3) is 0 Å². The molecular weight excluding hydrogens is 250 g/mol. The Balaban J connectivity index is 0.000000399. The van der Waals surface area contributed by atoms with Crippen molar-refractivity contribution in [2.45, 2.75) is 6.92 Å². The second-order valence-electron chi connectivity index (χ2n) is 3.55. The SMILES string of the molecule is NC(=O)O.[2H]c1cccc(-c2ccccc2C)c1Cl. The topological polar surface area (TPSA) is 63.3 Å². The molecule has 0 spiro atoms. The minimum absolute atomic E-state index is 0.373. The molecule has 3 N–H and O–H groups in total. The maximum atomic E-state index is 8.78. The van der Waals surface area contributed by atoms with Gasteiger partial charge in [-0.25, -0.2) is 4.79 Å². The van der Waals surface area contributed by atoms with E-state index in [-0.39, 0.29) is 0 Å². The third-order valence-corrected chi connectivity index (χ3v) is 2.55. The van der Waals surface area contributed by atoms with Gasteiger partial charge in [-0.2, -0.15) is 0 Å². The highest BCUT2D eigenvalue weighted by molar-refractivity contribution is 6.33. The first-order chi connectivity index (χ1) is 8.93. The van der Waals surface area contributed by atoms with Crippen LogP contribution in [-0.4, -0.2) is 11.2 Å². The summed E-state index contributed by atoms with van der Waals surface area (Å²) in [7, 11) is 0. The number of halogens is 1. The van der Waals surface area contributed by atoms with Crippen molar-refractivity contribution < 1.29 is 11.3 Å². The maximum Gasteiger partial charge on any atom is 0.402 e. The van der Waals surface area contributed by atoms with Gasteiger partial charge in [0.15, 0.2) is 0 Å². The van der Waals surface area contributed by atoms with E-state index in [0.29, 0.717) is 11.1 Å². The monoisotopic (exact) mass is 264 g/mol. The van der Waals surface area contributed by atoms with Crippen LogP contribution in [0.1, 0.15) is 6.93 Å². The summed E-state index contributed by atoms with van der Waals surface area (Å²) in [6.45, 7) is 2.04. The van der Waals surface area contributed by atoms with E-state index in [2.05, 4.69) is 5.73 Å². The van der Waals surface area contributed by atoms with Crippen molar-refractivity contribution in [3.8, 4) is 11.1 Å². The van der Waals surface area contributed by atoms with Gasteiger partial charge < -0.3 is 10.8 Å². The van der Waals surface area contributed by atoms with E-state index in [1.165, 1.54) is 5.56 Å². The van der Waals surface area contributed by atoms with Crippen molar-refractivity contribution in [3.63, 3.8) is 0 Å². The van der Waals surface area contributed by atoms with E-state index in [9.17, 15) is 0 Å². The molecule has 0 aliphatic carbocycles. The summed E-state index contributed by atoms with van der Waals surface area (Å²) in [6.07, 6.45) is -1.33. The number of carbonyl (C=O) groups is 1. The predicted molar refractivity (Wildman–Crippen MR) is 73.8 cm³/mol. The van der Waals surface area contributed by atoms with E-state index in [0.717, 1.165) is 11.1 Å². The number of nitrogens with two attached hydrogens (primary N) is 1. The number of primary amides is 1. The molecule has 94 valence electrons. The van der Waals surface area contributed by atoms with E-state index in [4.69, 9.17) is 22.9 Å². The number of carboxylic acid groups (broad SMARTS) is 1. The van der Waals surface area contributed by atoms with Gasteiger partial charge in [-0.05, 0) is 24.1 Å². The van der Waals surface area contributed by atoms with Crippen molar-refractivity contribution in [3.05, 3.63) is 59.1 Å². The second-order valence-corrected chi connectivity index (χ2v) is 3.93. The number of rotatable bonds is 1. The summed E-state index contributed by atoms with van der Waals surface area (Å²) in [5, 5.41) is 7.71. The lowest BCUT2D eigenvalue weighted by Gasteiger charge is -2.06. The zero-order valence-corrected chi connectivity index (χ0v) is 10.6. The average molecular weight is 265 g/mol. The van der Waals surface area contributed by atoms with Crippen molar-refractivity contribution in [1.29, 1.82) is 0 Å². The highest BCUT2D eigenvalue weighted by Gasteiger charge is 2.03. The fourth-order valence-corrected chi connectivity index (χ4v) is 1.73. The van der Waals surface area contributed by atoms with Crippen molar-refractivity contribution >= 4 is 17.7 Å². The zero-order chi connectivity index (χ0) is 14.4. The smallest absolute Gasteiger partial charge is 0.402 e. The molecular formula is C14H14ClNO2. The molecule has 4 heteroatoms. The fourth-order valence-electron chi connectivity index (χ4n) is 1.50. The molecule has 1 amide bonds. The zero-order valence-electron chi connectivity index (χ0n) is 10.9. The van der Waals surface area contributed by atoms with Crippen LogP contribution in [0.5, 0.6) is 0 Å². The van der Waals surface area contributed by atoms with Gasteiger partial charge in [0.05, 0.1) is 1.37 Å². The molecule has 18 heavy (non-hydrogen) atoms. The summed E-state index contributed by atoms with van der Waals surface area (Å²) in [6, 6.07) is 13.9. The molecule has 0 saturated heterocycles. The molecule has 0 aliphatic heterocycles. The average Bonchev–Trinajstić information content (AvgIpc) is 2.33. The largest absolute Gasteiger partial charge is 0.465 e.